The molecule has 1 aliphatic heterocycles. The van der Waals surface area contributed by atoms with Crippen LogP contribution in [0.25, 0.3) is 0 Å². The maximum Gasteiger partial charge on any atom is 0.150 e. The zero-order valence-electron chi connectivity index (χ0n) is 12.5. The van der Waals surface area contributed by atoms with Gasteiger partial charge >= 0.3 is 0 Å². The fourth-order valence-corrected chi connectivity index (χ4v) is 4.49. The van der Waals surface area contributed by atoms with Gasteiger partial charge in [-0.2, -0.15) is 0 Å². The van der Waals surface area contributed by atoms with Gasteiger partial charge in [0.25, 0.3) is 0 Å². The van der Waals surface area contributed by atoms with Gasteiger partial charge in [-0.05, 0) is 45.2 Å². The topological polar surface area (TPSA) is 54.5 Å². The molecule has 1 saturated carbocycles. The van der Waals surface area contributed by atoms with Crippen molar-refractivity contribution >= 4 is 15.6 Å². The van der Waals surface area contributed by atoms with Gasteiger partial charge in [0.05, 0.1) is 5.75 Å². The average molecular weight is 301 g/mol. The van der Waals surface area contributed by atoms with Crippen LogP contribution in [-0.4, -0.2) is 49.7 Å². The Morgan fingerprint density at radius 3 is 2.70 bits per heavy atom. The van der Waals surface area contributed by atoms with E-state index in [0.717, 1.165) is 45.2 Å². The summed E-state index contributed by atoms with van der Waals surface area (Å²) in [6, 6.07) is 0.382. The van der Waals surface area contributed by atoms with Crippen LogP contribution in [0.4, 0.5) is 0 Å². The van der Waals surface area contributed by atoms with Crippen molar-refractivity contribution in [3.05, 3.63) is 0 Å². The molecule has 116 valence electrons. The minimum absolute atomic E-state index is 0.217. The van der Waals surface area contributed by atoms with E-state index in [-0.39, 0.29) is 17.4 Å². The highest BCUT2D eigenvalue weighted by Gasteiger charge is 2.36. The van der Waals surface area contributed by atoms with Crippen molar-refractivity contribution < 1.29 is 13.2 Å². The first-order chi connectivity index (χ1) is 9.53. The molecule has 5 heteroatoms. The summed E-state index contributed by atoms with van der Waals surface area (Å²) in [5.41, 5.74) is 0. The molecule has 0 aromatic carbocycles. The molecule has 2 fully saturated rings. The fourth-order valence-electron chi connectivity index (χ4n) is 3.63. The van der Waals surface area contributed by atoms with Crippen LogP contribution in [0.5, 0.6) is 0 Å². The smallest absolute Gasteiger partial charge is 0.150 e. The molecule has 0 aromatic heterocycles. The van der Waals surface area contributed by atoms with Crippen molar-refractivity contribution in [3.63, 3.8) is 0 Å². The summed E-state index contributed by atoms with van der Waals surface area (Å²) in [4.78, 5) is 14.5. The maximum atomic E-state index is 12.1. The minimum atomic E-state index is -2.86. The van der Waals surface area contributed by atoms with E-state index in [1.54, 1.807) is 6.92 Å². The Labute approximate surface area is 122 Å². The van der Waals surface area contributed by atoms with Crippen LogP contribution in [0, 0.1) is 5.92 Å². The Balaban J connectivity index is 1.86. The lowest BCUT2D eigenvalue weighted by atomic mass is 9.82. The van der Waals surface area contributed by atoms with Gasteiger partial charge in [0.1, 0.15) is 15.6 Å². The molecular weight excluding hydrogens is 274 g/mol. The highest BCUT2D eigenvalue weighted by atomic mass is 32.2. The number of carbonyl (C=O) groups is 1. The fraction of sp³-hybridized carbons (Fsp3) is 0.933. The Kier molecular flexibility index (Phi) is 5.61. The van der Waals surface area contributed by atoms with Crippen molar-refractivity contribution in [2.24, 2.45) is 5.92 Å². The van der Waals surface area contributed by atoms with Gasteiger partial charge in [-0.3, -0.25) is 9.69 Å². The number of rotatable bonds is 6. The van der Waals surface area contributed by atoms with Crippen LogP contribution in [0.15, 0.2) is 0 Å². The summed E-state index contributed by atoms with van der Waals surface area (Å²) in [6.45, 7) is 3.56. The number of carbonyl (C=O) groups excluding carboxylic acids is 1. The second-order valence-electron chi connectivity index (χ2n) is 6.15. The molecule has 0 aromatic rings. The molecule has 2 unspecified atom stereocenters. The molecule has 1 saturated heterocycles. The van der Waals surface area contributed by atoms with E-state index < -0.39 is 9.84 Å². The van der Waals surface area contributed by atoms with E-state index in [1.165, 1.54) is 6.42 Å². The Morgan fingerprint density at radius 2 is 2.00 bits per heavy atom. The van der Waals surface area contributed by atoms with Crippen LogP contribution in [-0.2, 0) is 14.6 Å². The molecule has 20 heavy (non-hydrogen) atoms. The van der Waals surface area contributed by atoms with Gasteiger partial charge < -0.3 is 0 Å². The van der Waals surface area contributed by atoms with Crippen LogP contribution in [0.2, 0.25) is 0 Å². The van der Waals surface area contributed by atoms with Gasteiger partial charge in [0.15, 0.2) is 0 Å². The summed E-state index contributed by atoms with van der Waals surface area (Å²) in [5.74, 6) is 1.17. The molecule has 2 aliphatic rings. The maximum absolute atomic E-state index is 12.1. The van der Waals surface area contributed by atoms with E-state index in [4.69, 9.17) is 0 Å². The van der Waals surface area contributed by atoms with E-state index in [0.29, 0.717) is 18.2 Å². The van der Waals surface area contributed by atoms with Gasteiger partial charge in [-0.15, -0.1) is 0 Å². The number of hydrogen-bond donors (Lipinski definition) is 0. The first-order valence-electron chi connectivity index (χ1n) is 8.00. The summed E-state index contributed by atoms with van der Waals surface area (Å²) < 4.78 is 23.1. The number of hydrogen-bond acceptors (Lipinski definition) is 4. The van der Waals surface area contributed by atoms with E-state index >= 15 is 0 Å². The molecule has 0 amide bonds. The molecule has 1 heterocycles. The number of ketones is 1. The SMILES string of the molecule is CCS(=O)(=O)CCCN1CCCC1C1CCCCC1=O. The zero-order chi connectivity index (χ0) is 14.6. The second kappa shape index (κ2) is 7.03. The normalized spacial score (nSPS) is 28.9. The average Bonchev–Trinajstić information content (AvgIpc) is 2.87. The Hall–Kier alpha value is -0.420. The van der Waals surface area contributed by atoms with Crippen molar-refractivity contribution in [3.8, 4) is 0 Å². The van der Waals surface area contributed by atoms with E-state index in [2.05, 4.69) is 4.90 Å². The largest absolute Gasteiger partial charge is 0.300 e. The van der Waals surface area contributed by atoms with Crippen molar-refractivity contribution in [2.75, 3.05) is 24.6 Å². The number of likely N-dealkylation sites (tertiary alicyclic amines) is 1. The van der Waals surface area contributed by atoms with Crippen molar-refractivity contribution in [2.45, 2.75) is 57.9 Å². The lowest BCUT2D eigenvalue weighted by molar-refractivity contribution is -0.126. The molecule has 0 bridgehead atoms. The monoisotopic (exact) mass is 301 g/mol. The van der Waals surface area contributed by atoms with Crippen molar-refractivity contribution in [1.29, 1.82) is 0 Å². The predicted octanol–water partition coefficient (Wildman–Crippen LogP) is 2.03. The van der Waals surface area contributed by atoms with E-state index in [9.17, 15) is 13.2 Å². The highest BCUT2D eigenvalue weighted by Crippen LogP contribution is 2.32. The summed E-state index contributed by atoms with van der Waals surface area (Å²) in [7, 11) is -2.86. The number of sulfone groups is 1. The summed E-state index contributed by atoms with van der Waals surface area (Å²) in [6.07, 6.45) is 6.97. The molecule has 0 spiro atoms. The number of nitrogens with zero attached hydrogens (tertiary/aromatic N) is 1. The lowest BCUT2D eigenvalue weighted by Crippen LogP contribution is -2.41. The summed E-state index contributed by atoms with van der Waals surface area (Å²) >= 11 is 0. The molecule has 0 N–H and O–H groups in total. The lowest BCUT2D eigenvalue weighted by Gasteiger charge is -2.33. The molecule has 4 nitrogen and oxygen atoms in total. The standard InChI is InChI=1S/C15H27NO3S/c1-2-20(18,19)12-6-11-16-10-5-8-14(16)13-7-3-4-9-15(13)17/h13-14H,2-12H2,1H3. The first-order valence-corrected chi connectivity index (χ1v) is 9.83. The minimum Gasteiger partial charge on any atom is -0.300 e. The van der Waals surface area contributed by atoms with Crippen LogP contribution in [0.3, 0.4) is 0 Å². The quantitative estimate of drug-likeness (QED) is 0.753. The van der Waals surface area contributed by atoms with E-state index in [1.807, 2.05) is 0 Å². The summed E-state index contributed by atoms with van der Waals surface area (Å²) in [5, 5.41) is 0. The van der Waals surface area contributed by atoms with Gasteiger partial charge in [-0.1, -0.05) is 13.3 Å². The van der Waals surface area contributed by atoms with Crippen LogP contribution >= 0.6 is 0 Å². The first kappa shape index (κ1) is 16.0. The van der Waals surface area contributed by atoms with Crippen LogP contribution < -0.4 is 0 Å². The third-order valence-electron chi connectivity index (χ3n) is 4.82. The van der Waals surface area contributed by atoms with Crippen LogP contribution in [0.1, 0.15) is 51.9 Å². The molecule has 2 atom stereocenters. The third kappa shape index (κ3) is 4.04. The Bertz CT molecular complexity index is 432. The molecular formula is C15H27NO3S. The highest BCUT2D eigenvalue weighted by molar-refractivity contribution is 7.91. The van der Waals surface area contributed by atoms with Gasteiger partial charge in [-0.25, -0.2) is 8.42 Å². The zero-order valence-corrected chi connectivity index (χ0v) is 13.3. The second-order valence-corrected chi connectivity index (χ2v) is 8.63. The van der Waals surface area contributed by atoms with Gasteiger partial charge in [0, 0.05) is 24.1 Å². The Morgan fingerprint density at radius 1 is 1.20 bits per heavy atom. The number of Topliss-reactive ketones (excluding diaryl/α,β-unsaturated/α-hetero) is 1. The molecule has 0 radical (unpaired) electrons. The molecule has 1 aliphatic carbocycles. The molecule has 2 rings (SSSR count). The predicted molar refractivity (Wildman–Crippen MR) is 80.5 cm³/mol. The van der Waals surface area contributed by atoms with Gasteiger partial charge in [0.2, 0.25) is 0 Å². The van der Waals surface area contributed by atoms with Crippen molar-refractivity contribution in [1.82, 2.24) is 4.90 Å². The third-order valence-corrected chi connectivity index (χ3v) is 6.61.